The maximum atomic E-state index is 12.2. The second-order valence-corrected chi connectivity index (χ2v) is 5.10. The predicted octanol–water partition coefficient (Wildman–Crippen LogP) is 2.36. The van der Waals surface area contributed by atoms with Crippen LogP contribution in [0.5, 0.6) is 0 Å². The summed E-state index contributed by atoms with van der Waals surface area (Å²) in [5.74, 6) is 0. The van der Waals surface area contributed by atoms with E-state index in [4.69, 9.17) is 5.11 Å². The van der Waals surface area contributed by atoms with Crippen LogP contribution in [0.25, 0.3) is 0 Å². The van der Waals surface area contributed by atoms with Crippen molar-refractivity contribution in [1.82, 2.24) is 4.90 Å². The highest BCUT2D eigenvalue weighted by atomic mass is 16.3. The van der Waals surface area contributed by atoms with E-state index < -0.39 is 6.10 Å². The summed E-state index contributed by atoms with van der Waals surface area (Å²) >= 11 is 0. The Balaban J connectivity index is 2.74. The molecule has 5 heteroatoms. The fourth-order valence-corrected chi connectivity index (χ4v) is 1.91. The molecule has 0 bridgehead atoms. The Morgan fingerprint density at radius 2 is 2.05 bits per heavy atom. The van der Waals surface area contributed by atoms with E-state index in [1.807, 2.05) is 19.9 Å². The third-order valence-corrected chi connectivity index (χ3v) is 3.06. The van der Waals surface area contributed by atoms with Crippen LogP contribution in [0.2, 0.25) is 0 Å². The zero-order chi connectivity index (χ0) is 15.1. The fourth-order valence-electron chi connectivity index (χ4n) is 1.91. The minimum Gasteiger partial charge on any atom is -0.396 e. The summed E-state index contributed by atoms with van der Waals surface area (Å²) in [6.07, 6.45) is -0.0123. The van der Waals surface area contributed by atoms with Gasteiger partial charge in [-0.3, -0.25) is 0 Å². The highest BCUT2D eigenvalue weighted by molar-refractivity contribution is 5.89. The van der Waals surface area contributed by atoms with Crippen LogP contribution >= 0.6 is 0 Å². The molecule has 0 aliphatic carbocycles. The van der Waals surface area contributed by atoms with Gasteiger partial charge < -0.3 is 20.4 Å². The lowest BCUT2D eigenvalue weighted by atomic mass is 10.1. The van der Waals surface area contributed by atoms with Crippen molar-refractivity contribution < 1.29 is 15.0 Å². The predicted molar refractivity (Wildman–Crippen MR) is 79.6 cm³/mol. The summed E-state index contributed by atoms with van der Waals surface area (Å²) in [4.78, 5) is 13.9. The molecule has 1 atom stereocenters. The van der Waals surface area contributed by atoms with Gasteiger partial charge in [0.2, 0.25) is 0 Å². The summed E-state index contributed by atoms with van der Waals surface area (Å²) in [5, 5.41) is 21.2. The molecule has 1 rings (SSSR count). The van der Waals surface area contributed by atoms with Crippen LogP contribution in [0.15, 0.2) is 24.3 Å². The van der Waals surface area contributed by atoms with Crippen LogP contribution in [0.4, 0.5) is 10.5 Å². The van der Waals surface area contributed by atoms with Gasteiger partial charge in [-0.2, -0.15) is 0 Å². The van der Waals surface area contributed by atoms with Crippen molar-refractivity contribution >= 4 is 11.7 Å². The van der Waals surface area contributed by atoms with Crippen LogP contribution in [-0.2, 0) is 0 Å². The van der Waals surface area contributed by atoms with Crippen LogP contribution in [0, 0.1) is 0 Å². The van der Waals surface area contributed by atoms with E-state index in [1.54, 1.807) is 30.0 Å². The van der Waals surface area contributed by atoms with E-state index >= 15 is 0 Å². The van der Waals surface area contributed by atoms with Gasteiger partial charge in [0, 0.05) is 24.9 Å². The quantitative estimate of drug-likeness (QED) is 0.749. The molecule has 0 aliphatic rings. The van der Waals surface area contributed by atoms with Crippen LogP contribution in [0.3, 0.4) is 0 Å². The zero-order valence-electron chi connectivity index (χ0n) is 12.3. The Bertz CT molecular complexity index is 433. The molecule has 0 aromatic heterocycles. The number of nitrogens with zero attached hydrogens (tertiary/aromatic N) is 1. The molecule has 20 heavy (non-hydrogen) atoms. The Morgan fingerprint density at radius 1 is 1.35 bits per heavy atom. The second kappa shape index (κ2) is 7.87. The molecule has 5 nitrogen and oxygen atoms in total. The fraction of sp³-hybridized carbons (Fsp3) is 0.533. The van der Waals surface area contributed by atoms with Gasteiger partial charge in [-0.05, 0) is 44.9 Å². The number of amides is 2. The first-order valence-corrected chi connectivity index (χ1v) is 6.92. The van der Waals surface area contributed by atoms with E-state index in [9.17, 15) is 9.90 Å². The lowest BCUT2D eigenvalue weighted by molar-refractivity contribution is 0.186. The topological polar surface area (TPSA) is 72.8 Å². The summed E-state index contributed by atoms with van der Waals surface area (Å²) in [6, 6.07) is 7.01. The van der Waals surface area contributed by atoms with Gasteiger partial charge in [-0.25, -0.2) is 4.79 Å². The smallest absolute Gasteiger partial charge is 0.322 e. The summed E-state index contributed by atoms with van der Waals surface area (Å²) < 4.78 is 0. The van der Waals surface area contributed by atoms with Gasteiger partial charge in [-0.1, -0.05) is 12.1 Å². The van der Waals surface area contributed by atoms with Crippen molar-refractivity contribution in [3.63, 3.8) is 0 Å². The van der Waals surface area contributed by atoms with E-state index in [-0.39, 0.29) is 18.7 Å². The summed E-state index contributed by atoms with van der Waals surface area (Å²) in [6.45, 7) is 6.12. The number of aliphatic hydroxyl groups is 2. The Labute approximate surface area is 120 Å². The molecular formula is C15H24N2O3. The average molecular weight is 280 g/mol. The number of rotatable bonds is 6. The average Bonchev–Trinajstić information content (AvgIpc) is 2.39. The largest absolute Gasteiger partial charge is 0.396 e. The number of benzene rings is 1. The molecule has 1 unspecified atom stereocenters. The molecule has 0 saturated carbocycles. The summed E-state index contributed by atoms with van der Waals surface area (Å²) in [5.41, 5.74) is 1.41. The first-order chi connectivity index (χ1) is 9.45. The first-order valence-electron chi connectivity index (χ1n) is 6.92. The number of carbonyl (C=O) groups is 1. The number of aliphatic hydroxyl groups excluding tert-OH is 2. The van der Waals surface area contributed by atoms with Crippen molar-refractivity contribution in [2.45, 2.75) is 39.3 Å². The maximum absolute atomic E-state index is 12.2. The molecule has 0 aliphatic heterocycles. The number of hydrogen-bond acceptors (Lipinski definition) is 3. The molecule has 0 heterocycles. The van der Waals surface area contributed by atoms with Gasteiger partial charge in [-0.15, -0.1) is 0 Å². The van der Waals surface area contributed by atoms with Crippen LogP contribution in [0.1, 0.15) is 38.9 Å². The molecule has 3 N–H and O–H groups in total. The number of carbonyl (C=O) groups excluding carboxylic acids is 1. The van der Waals surface area contributed by atoms with E-state index in [0.29, 0.717) is 18.7 Å². The molecular weight excluding hydrogens is 256 g/mol. The van der Waals surface area contributed by atoms with E-state index in [2.05, 4.69) is 5.32 Å². The molecule has 0 saturated heterocycles. The molecule has 1 aromatic carbocycles. The second-order valence-electron chi connectivity index (χ2n) is 5.10. The molecule has 1 aromatic rings. The molecule has 0 radical (unpaired) electrons. The number of anilines is 1. The zero-order valence-corrected chi connectivity index (χ0v) is 12.3. The monoisotopic (exact) mass is 280 g/mol. The van der Waals surface area contributed by atoms with Gasteiger partial charge >= 0.3 is 6.03 Å². The molecule has 112 valence electrons. The Kier molecular flexibility index (Phi) is 6.48. The first kappa shape index (κ1) is 16.5. The summed E-state index contributed by atoms with van der Waals surface area (Å²) in [7, 11) is 0. The van der Waals surface area contributed by atoms with Gasteiger partial charge in [0.1, 0.15) is 0 Å². The van der Waals surface area contributed by atoms with Crippen molar-refractivity contribution in [2.75, 3.05) is 18.5 Å². The van der Waals surface area contributed by atoms with Crippen molar-refractivity contribution in [3.05, 3.63) is 29.8 Å². The highest BCUT2D eigenvalue weighted by Crippen LogP contribution is 2.17. The highest BCUT2D eigenvalue weighted by Gasteiger charge is 2.16. The number of urea groups is 1. The van der Waals surface area contributed by atoms with Crippen molar-refractivity contribution in [1.29, 1.82) is 0 Å². The Morgan fingerprint density at radius 3 is 2.60 bits per heavy atom. The molecule has 2 amide bonds. The Hall–Kier alpha value is -1.59. The molecule has 0 spiro atoms. The number of hydrogen-bond donors (Lipinski definition) is 3. The number of nitrogens with one attached hydrogen (secondary N) is 1. The van der Waals surface area contributed by atoms with E-state index in [1.165, 1.54) is 0 Å². The molecule has 0 fully saturated rings. The normalized spacial score (nSPS) is 12.3. The van der Waals surface area contributed by atoms with Gasteiger partial charge in [0.15, 0.2) is 0 Å². The third kappa shape index (κ3) is 4.83. The SMILES string of the molecule is CC(O)c1cccc(NC(=O)N(CCCO)C(C)C)c1. The minimum absolute atomic E-state index is 0.0569. The lowest BCUT2D eigenvalue weighted by Crippen LogP contribution is -2.41. The van der Waals surface area contributed by atoms with Crippen molar-refractivity contribution in [2.24, 2.45) is 0 Å². The van der Waals surface area contributed by atoms with E-state index in [0.717, 1.165) is 5.56 Å². The van der Waals surface area contributed by atoms with Gasteiger partial charge in [0.25, 0.3) is 0 Å². The van der Waals surface area contributed by atoms with Crippen LogP contribution < -0.4 is 5.32 Å². The maximum Gasteiger partial charge on any atom is 0.322 e. The standard InChI is InChI=1S/C15H24N2O3/c1-11(2)17(8-5-9-18)15(20)16-14-7-4-6-13(10-14)12(3)19/h4,6-7,10-12,18-19H,5,8-9H2,1-3H3,(H,16,20). The van der Waals surface area contributed by atoms with Gasteiger partial charge in [0.05, 0.1) is 6.10 Å². The third-order valence-electron chi connectivity index (χ3n) is 3.06. The lowest BCUT2D eigenvalue weighted by Gasteiger charge is -2.26. The van der Waals surface area contributed by atoms with Crippen molar-refractivity contribution in [3.8, 4) is 0 Å². The van der Waals surface area contributed by atoms with Crippen LogP contribution in [-0.4, -0.2) is 40.3 Å². The minimum atomic E-state index is -0.567.